The van der Waals surface area contributed by atoms with Crippen LogP contribution in [0.2, 0.25) is 0 Å². The highest BCUT2D eigenvalue weighted by molar-refractivity contribution is 5.19. The zero-order valence-electron chi connectivity index (χ0n) is 7.66. The lowest BCUT2D eigenvalue weighted by Gasteiger charge is -2.15. The Labute approximate surface area is 74.7 Å². The van der Waals surface area contributed by atoms with Crippen molar-refractivity contribution in [1.29, 1.82) is 0 Å². The summed E-state index contributed by atoms with van der Waals surface area (Å²) in [5, 5.41) is 0. The van der Waals surface area contributed by atoms with Crippen molar-refractivity contribution in [1.82, 2.24) is 0 Å². The maximum atomic E-state index is 5.84. The first-order chi connectivity index (χ1) is 5.84. The minimum Gasteiger partial charge on any atom is -0.402 e. The monoisotopic (exact) mass is 163 g/mol. The molecule has 0 aromatic heterocycles. The molecule has 1 unspecified atom stereocenters. The number of hydrogen-bond donors (Lipinski definition) is 1. The summed E-state index contributed by atoms with van der Waals surface area (Å²) in [5.74, 6) is 0.540. The summed E-state index contributed by atoms with van der Waals surface area (Å²) in [6.07, 6.45) is 13.9. The van der Waals surface area contributed by atoms with Crippen molar-refractivity contribution in [3.05, 3.63) is 36.1 Å². The highest BCUT2D eigenvalue weighted by Crippen LogP contribution is 2.20. The number of nitrogens with two attached hydrogens (primary N) is 1. The molecule has 1 nitrogen and oxygen atoms in total. The van der Waals surface area contributed by atoms with Crippen LogP contribution in [-0.2, 0) is 0 Å². The minimum absolute atomic E-state index is 0.540. The van der Waals surface area contributed by atoms with Crippen LogP contribution in [0.4, 0.5) is 0 Å². The van der Waals surface area contributed by atoms with Gasteiger partial charge in [-0.2, -0.15) is 0 Å². The molecular formula is C11H17N. The summed E-state index contributed by atoms with van der Waals surface area (Å²) in [5.41, 5.74) is 6.86. The maximum Gasteiger partial charge on any atom is 0.0118 e. The Kier molecular flexibility index (Phi) is 3.65. The van der Waals surface area contributed by atoms with Gasteiger partial charge < -0.3 is 5.73 Å². The van der Waals surface area contributed by atoms with Gasteiger partial charge in [0.1, 0.15) is 0 Å². The molecule has 0 spiro atoms. The van der Waals surface area contributed by atoms with Gasteiger partial charge in [0, 0.05) is 11.6 Å². The van der Waals surface area contributed by atoms with E-state index in [-0.39, 0.29) is 0 Å². The van der Waals surface area contributed by atoms with Crippen LogP contribution in [0.25, 0.3) is 0 Å². The molecule has 0 amide bonds. The first kappa shape index (κ1) is 9.11. The lowest BCUT2D eigenvalue weighted by atomic mass is 9.94. The Morgan fingerprint density at radius 1 is 1.58 bits per heavy atom. The molecule has 0 heterocycles. The molecule has 0 fully saturated rings. The molecule has 0 aromatic carbocycles. The van der Waals surface area contributed by atoms with Gasteiger partial charge in [0.05, 0.1) is 0 Å². The summed E-state index contributed by atoms with van der Waals surface area (Å²) < 4.78 is 0. The number of hydrogen-bond acceptors (Lipinski definition) is 1. The zero-order chi connectivity index (χ0) is 8.81. The van der Waals surface area contributed by atoms with Gasteiger partial charge in [-0.25, -0.2) is 0 Å². The van der Waals surface area contributed by atoms with Crippen LogP contribution >= 0.6 is 0 Å². The summed E-state index contributed by atoms with van der Waals surface area (Å²) in [6.45, 7) is 2.15. The summed E-state index contributed by atoms with van der Waals surface area (Å²) in [7, 11) is 0. The molecule has 1 aliphatic rings. The average Bonchev–Trinajstić information content (AvgIpc) is 2.09. The van der Waals surface area contributed by atoms with Gasteiger partial charge in [-0.1, -0.05) is 31.2 Å². The van der Waals surface area contributed by atoms with Crippen molar-refractivity contribution >= 4 is 0 Å². The van der Waals surface area contributed by atoms with E-state index in [1.165, 1.54) is 0 Å². The average molecular weight is 163 g/mol. The standard InChI is InChI=1S/C11H17N/c1-2-3-4-7-10-8-5-6-9-11(10)12/h3-6,9-10H,2,7-8,12H2,1H3. The van der Waals surface area contributed by atoms with E-state index >= 15 is 0 Å². The van der Waals surface area contributed by atoms with Crippen LogP contribution in [0, 0.1) is 5.92 Å². The predicted octanol–water partition coefficient (Wildman–Crippen LogP) is 2.76. The van der Waals surface area contributed by atoms with Gasteiger partial charge in [-0.3, -0.25) is 0 Å². The molecule has 1 rings (SSSR count). The molecule has 0 radical (unpaired) electrons. The predicted molar refractivity (Wildman–Crippen MR) is 53.6 cm³/mol. The fraction of sp³-hybridized carbons (Fsp3) is 0.455. The highest BCUT2D eigenvalue weighted by atomic mass is 14.6. The van der Waals surface area contributed by atoms with E-state index in [4.69, 9.17) is 5.73 Å². The van der Waals surface area contributed by atoms with Crippen LogP contribution in [-0.4, -0.2) is 0 Å². The Balaban J connectivity index is 2.38. The third-order valence-corrected chi connectivity index (χ3v) is 2.14. The molecule has 66 valence electrons. The molecule has 0 aromatic rings. The molecule has 0 aliphatic heterocycles. The molecule has 1 aliphatic carbocycles. The molecular weight excluding hydrogens is 146 g/mol. The smallest absolute Gasteiger partial charge is 0.0118 e. The first-order valence-corrected chi connectivity index (χ1v) is 4.61. The molecule has 1 atom stereocenters. The van der Waals surface area contributed by atoms with Crippen molar-refractivity contribution in [3.8, 4) is 0 Å². The third kappa shape index (κ3) is 2.57. The van der Waals surface area contributed by atoms with Crippen molar-refractivity contribution in [2.45, 2.75) is 26.2 Å². The summed E-state index contributed by atoms with van der Waals surface area (Å²) >= 11 is 0. The quantitative estimate of drug-likeness (QED) is 0.636. The Bertz CT molecular complexity index is 211. The molecule has 0 bridgehead atoms. The Hall–Kier alpha value is -0.980. The van der Waals surface area contributed by atoms with Crippen LogP contribution in [0.15, 0.2) is 36.1 Å². The van der Waals surface area contributed by atoms with Crippen molar-refractivity contribution in [2.24, 2.45) is 11.7 Å². The van der Waals surface area contributed by atoms with Crippen LogP contribution in [0.5, 0.6) is 0 Å². The highest BCUT2D eigenvalue weighted by Gasteiger charge is 2.09. The molecule has 12 heavy (non-hydrogen) atoms. The maximum absolute atomic E-state index is 5.84. The summed E-state index contributed by atoms with van der Waals surface area (Å²) in [6, 6.07) is 0. The van der Waals surface area contributed by atoms with Crippen LogP contribution in [0.1, 0.15) is 26.2 Å². The lowest BCUT2D eigenvalue weighted by molar-refractivity contribution is 0.618. The van der Waals surface area contributed by atoms with Crippen LogP contribution in [0.3, 0.4) is 0 Å². The van der Waals surface area contributed by atoms with Gasteiger partial charge in [0.2, 0.25) is 0 Å². The van der Waals surface area contributed by atoms with E-state index < -0.39 is 0 Å². The second-order valence-electron chi connectivity index (χ2n) is 3.14. The molecule has 0 saturated carbocycles. The van der Waals surface area contributed by atoms with E-state index in [9.17, 15) is 0 Å². The Morgan fingerprint density at radius 3 is 3.08 bits per heavy atom. The zero-order valence-corrected chi connectivity index (χ0v) is 7.66. The largest absolute Gasteiger partial charge is 0.402 e. The third-order valence-electron chi connectivity index (χ3n) is 2.14. The number of rotatable bonds is 3. The van der Waals surface area contributed by atoms with Crippen molar-refractivity contribution in [3.63, 3.8) is 0 Å². The topological polar surface area (TPSA) is 26.0 Å². The first-order valence-electron chi connectivity index (χ1n) is 4.61. The van der Waals surface area contributed by atoms with Crippen molar-refractivity contribution in [2.75, 3.05) is 0 Å². The van der Waals surface area contributed by atoms with Gasteiger partial charge in [0.25, 0.3) is 0 Å². The second-order valence-corrected chi connectivity index (χ2v) is 3.14. The molecule has 2 N–H and O–H groups in total. The normalized spacial score (nSPS) is 23.1. The Morgan fingerprint density at radius 2 is 2.42 bits per heavy atom. The SMILES string of the molecule is CCC=CCC1CC=CC=C1N. The van der Waals surface area contributed by atoms with E-state index in [1.807, 2.05) is 12.2 Å². The lowest BCUT2D eigenvalue weighted by Crippen LogP contribution is -2.12. The summed E-state index contributed by atoms with van der Waals surface area (Å²) in [4.78, 5) is 0. The van der Waals surface area contributed by atoms with Gasteiger partial charge in [0.15, 0.2) is 0 Å². The second kappa shape index (κ2) is 4.81. The fourth-order valence-electron chi connectivity index (χ4n) is 1.35. The van der Waals surface area contributed by atoms with Crippen molar-refractivity contribution < 1.29 is 0 Å². The van der Waals surface area contributed by atoms with E-state index in [1.54, 1.807) is 0 Å². The number of allylic oxidation sites excluding steroid dienone is 6. The van der Waals surface area contributed by atoms with Crippen LogP contribution < -0.4 is 5.73 Å². The minimum atomic E-state index is 0.540. The fourth-order valence-corrected chi connectivity index (χ4v) is 1.35. The van der Waals surface area contributed by atoms with E-state index in [0.29, 0.717) is 5.92 Å². The molecule has 0 saturated heterocycles. The molecule has 1 heteroatoms. The van der Waals surface area contributed by atoms with E-state index in [0.717, 1.165) is 25.0 Å². The van der Waals surface area contributed by atoms with Gasteiger partial charge in [-0.15, -0.1) is 0 Å². The van der Waals surface area contributed by atoms with E-state index in [2.05, 4.69) is 25.2 Å². The van der Waals surface area contributed by atoms with Gasteiger partial charge >= 0.3 is 0 Å². The van der Waals surface area contributed by atoms with Gasteiger partial charge in [-0.05, 0) is 25.3 Å².